The minimum Gasteiger partial charge on any atom is -0.453 e. The molecule has 1 aliphatic rings. The summed E-state index contributed by atoms with van der Waals surface area (Å²) in [7, 11) is 1.60. The number of rotatable bonds is 10. The van der Waals surface area contributed by atoms with Crippen LogP contribution in [-0.2, 0) is 30.9 Å². The number of ether oxygens (including phenoxy) is 1. The lowest BCUT2D eigenvalue weighted by molar-refractivity contribution is 0.0892. The fourth-order valence-electron chi connectivity index (χ4n) is 4.72. The summed E-state index contributed by atoms with van der Waals surface area (Å²) in [4.78, 5) is 15.5. The molecule has 0 saturated carbocycles. The highest BCUT2D eigenvalue weighted by Gasteiger charge is 2.27. The van der Waals surface area contributed by atoms with Crippen molar-refractivity contribution in [2.75, 3.05) is 20.2 Å². The van der Waals surface area contributed by atoms with E-state index in [4.69, 9.17) is 9.15 Å². The first-order valence-corrected chi connectivity index (χ1v) is 13.0. The van der Waals surface area contributed by atoms with E-state index in [9.17, 15) is 4.79 Å². The number of aromatic nitrogens is 3. The Kier molecular flexibility index (Phi) is 8.59. The third-order valence-corrected chi connectivity index (χ3v) is 6.70. The predicted molar refractivity (Wildman–Crippen MR) is 139 cm³/mol. The van der Waals surface area contributed by atoms with Crippen LogP contribution in [0.15, 0.2) is 40.8 Å². The van der Waals surface area contributed by atoms with E-state index in [1.807, 2.05) is 0 Å². The molecule has 8 heteroatoms. The summed E-state index contributed by atoms with van der Waals surface area (Å²) in [6.45, 7) is 12.6. The van der Waals surface area contributed by atoms with Crippen molar-refractivity contribution in [3.8, 4) is 0 Å². The standard InChI is InChI=1S/C28H39N5O3/c1-19(2)16-24(29-28(34)25-11-10-23(36-25)18-35-5)27-31-30-26-12-13-32(14-15-33(26)27)17-21-6-8-22(9-7-21)20(3)4/h6-11,19-20,24H,12-18H2,1-5H3,(H,29,34). The minimum atomic E-state index is -0.250. The van der Waals surface area contributed by atoms with Gasteiger partial charge in [-0.2, -0.15) is 0 Å². The van der Waals surface area contributed by atoms with E-state index in [2.05, 4.69) is 76.9 Å². The van der Waals surface area contributed by atoms with Gasteiger partial charge >= 0.3 is 0 Å². The third kappa shape index (κ3) is 6.42. The predicted octanol–water partition coefficient (Wildman–Crippen LogP) is 4.72. The lowest BCUT2D eigenvalue weighted by Gasteiger charge is -2.22. The summed E-state index contributed by atoms with van der Waals surface area (Å²) in [6.07, 6.45) is 1.60. The van der Waals surface area contributed by atoms with Crippen molar-refractivity contribution in [3.63, 3.8) is 0 Å². The van der Waals surface area contributed by atoms with E-state index in [1.165, 1.54) is 11.1 Å². The lowest BCUT2D eigenvalue weighted by Crippen LogP contribution is -2.32. The Hall–Kier alpha value is -2.97. The van der Waals surface area contributed by atoms with Gasteiger partial charge in [0.2, 0.25) is 0 Å². The Bertz CT molecular complexity index is 1130. The Morgan fingerprint density at radius 1 is 1.06 bits per heavy atom. The van der Waals surface area contributed by atoms with E-state index in [0.29, 0.717) is 24.2 Å². The van der Waals surface area contributed by atoms with Gasteiger partial charge in [-0.3, -0.25) is 9.69 Å². The number of fused-ring (bicyclic) bond motifs is 1. The van der Waals surface area contributed by atoms with Crippen LogP contribution in [0.25, 0.3) is 0 Å². The number of nitrogens with one attached hydrogen (secondary N) is 1. The van der Waals surface area contributed by atoms with E-state index in [1.54, 1.807) is 19.2 Å². The first-order chi connectivity index (χ1) is 17.3. The fourth-order valence-corrected chi connectivity index (χ4v) is 4.72. The Morgan fingerprint density at radius 2 is 1.83 bits per heavy atom. The normalized spacial score (nSPS) is 15.2. The summed E-state index contributed by atoms with van der Waals surface area (Å²) < 4.78 is 12.9. The van der Waals surface area contributed by atoms with E-state index < -0.39 is 0 Å². The van der Waals surface area contributed by atoms with Crippen molar-refractivity contribution in [3.05, 3.63) is 70.7 Å². The second-order valence-electron chi connectivity index (χ2n) is 10.4. The summed E-state index contributed by atoms with van der Waals surface area (Å²) >= 11 is 0. The molecule has 0 radical (unpaired) electrons. The molecule has 1 N–H and O–H groups in total. The van der Waals surface area contributed by atoms with Gasteiger partial charge in [-0.15, -0.1) is 10.2 Å². The maximum Gasteiger partial charge on any atom is 0.287 e. The quantitative estimate of drug-likeness (QED) is 0.440. The second-order valence-corrected chi connectivity index (χ2v) is 10.4. The Balaban J connectivity index is 1.45. The first kappa shape index (κ1) is 26.1. The third-order valence-electron chi connectivity index (χ3n) is 6.70. The molecule has 36 heavy (non-hydrogen) atoms. The molecule has 3 heterocycles. The number of carbonyl (C=O) groups excluding carboxylic acids is 1. The van der Waals surface area contributed by atoms with Crippen molar-refractivity contribution < 1.29 is 13.9 Å². The van der Waals surface area contributed by atoms with Gasteiger partial charge < -0.3 is 19.0 Å². The summed E-state index contributed by atoms with van der Waals surface area (Å²) in [6, 6.07) is 12.2. The number of hydrogen-bond donors (Lipinski definition) is 1. The van der Waals surface area contributed by atoms with Crippen LogP contribution in [0.1, 0.15) is 85.2 Å². The van der Waals surface area contributed by atoms with E-state index in [-0.39, 0.29) is 17.7 Å². The fraction of sp³-hybridized carbons (Fsp3) is 0.536. The average molecular weight is 494 g/mol. The first-order valence-electron chi connectivity index (χ1n) is 13.0. The molecule has 1 unspecified atom stereocenters. The number of carbonyl (C=O) groups is 1. The summed E-state index contributed by atoms with van der Waals surface area (Å²) in [5.41, 5.74) is 2.70. The van der Waals surface area contributed by atoms with Crippen molar-refractivity contribution in [2.45, 2.75) is 72.2 Å². The highest BCUT2D eigenvalue weighted by Crippen LogP contribution is 2.24. The number of benzene rings is 1. The SMILES string of the molecule is COCc1ccc(C(=O)NC(CC(C)C)c2nnc3n2CCN(Cc2ccc(C(C)C)cc2)CC3)o1. The summed E-state index contributed by atoms with van der Waals surface area (Å²) in [5, 5.41) is 12.2. The van der Waals surface area contributed by atoms with Gasteiger partial charge in [0.15, 0.2) is 11.6 Å². The van der Waals surface area contributed by atoms with Crippen molar-refractivity contribution >= 4 is 5.91 Å². The van der Waals surface area contributed by atoms with Crippen LogP contribution in [0.5, 0.6) is 0 Å². The van der Waals surface area contributed by atoms with E-state index >= 15 is 0 Å². The van der Waals surface area contributed by atoms with Crippen LogP contribution in [0.3, 0.4) is 0 Å². The number of methoxy groups -OCH3 is 1. The Labute approximate surface area is 214 Å². The van der Waals surface area contributed by atoms with Crippen molar-refractivity contribution in [1.82, 2.24) is 25.0 Å². The van der Waals surface area contributed by atoms with Gasteiger partial charge in [-0.05, 0) is 41.5 Å². The van der Waals surface area contributed by atoms with Gasteiger partial charge in [-0.1, -0.05) is 52.0 Å². The topological polar surface area (TPSA) is 85.4 Å². The van der Waals surface area contributed by atoms with Crippen molar-refractivity contribution in [2.24, 2.45) is 5.92 Å². The molecular formula is C28H39N5O3. The maximum atomic E-state index is 13.0. The van der Waals surface area contributed by atoms with Crippen LogP contribution in [0.2, 0.25) is 0 Å². The molecule has 0 saturated heterocycles. The Morgan fingerprint density at radius 3 is 2.53 bits per heavy atom. The van der Waals surface area contributed by atoms with E-state index in [0.717, 1.165) is 50.7 Å². The molecule has 0 bridgehead atoms. The molecule has 1 aliphatic heterocycles. The molecule has 2 aromatic heterocycles. The number of furan rings is 1. The molecule has 0 fully saturated rings. The van der Waals surface area contributed by atoms with Crippen molar-refractivity contribution in [1.29, 1.82) is 0 Å². The lowest BCUT2D eigenvalue weighted by atomic mass is 10.0. The second kappa shape index (κ2) is 11.8. The molecular weight excluding hydrogens is 454 g/mol. The number of hydrogen-bond acceptors (Lipinski definition) is 6. The van der Waals surface area contributed by atoms with Crippen LogP contribution in [0, 0.1) is 5.92 Å². The molecule has 1 amide bonds. The largest absolute Gasteiger partial charge is 0.453 e. The zero-order valence-corrected chi connectivity index (χ0v) is 22.2. The minimum absolute atomic E-state index is 0.246. The molecule has 3 aromatic rings. The molecule has 8 nitrogen and oxygen atoms in total. The molecule has 0 aliphatic carbocycles. The molecule has 4 rings (SSSR count). The molecule has 1 aromatic carbocycles. The van der Waals surface area contributed by atoms with Crippen LogP contribution >= 0.6 is 0 Å². The van der Waals surface area contributed by atoms with Crippen LogP contribution in [0.4, 0.5) is 0 Å². The van der Waals surface area contributed by atoms with Gasteiger partial charge in [0.1, 0.15) is 18.2 Å². The maximum absolute atomic E-state index is 13.0. The molecule has 0 spiro atoms. The zero-order chi connectivity index (χ0) is 25.7. The summed E-state index contributed by atoms with van der Waals surface area (Å²) in [5.74, 6) is 3.37. The van der Waals surface area contributed by atoms with Gasteiger partial charge in [0, 0.05) is 39.7 Å². The molecule has 1 atom stereocenters. The van der Waals surface area contributed by atoms with Crippen LogP contribution in [-0.4, -0.2) is 45.8 Å². The number of amides is 1. The smallest absolute Gasteiger partial charge is 0.287 e. The zero-order valence-electron chi connectivity index (χ0n) is 22.2. The van der Waals surface area contributed by atoms with Gasteiger partial charge in [0.25, 0.3) is 5.91 Å². The van der Waals surface area contributed by atoms with Gasteiger partial charge in [0.05, 0.1) is 6.04 Å². The van der Waals surface area contributed by atoms with Gasteiger partial charge in [-0.25, -0.2) is 0 Å². The molecule has 194 valence electrons. The highest BCUT2D eigenvalue weighted by molar-refractivity contribution is 5.91. The highest BCUT2D eigenvalue weighted by atomic mass is 16.5. The monoisotopic (exact) mass is 493 g/mol. The number of nitrogens with zero attached hydrogens (tertiary/aromatic N) is 4. The average Bonchev–Trinajstić information content (AvgIpc) is 3.43. The van der Waals surface area contributed by atoms with Crippen LogP contribution < -0.4 is 5.32 Å².